The zero-order chi connectivity index (χ0) is 17.1. The van der Waals surface area contributed by atoms with Gasteiger partial charge in [-0.1, -0.05) is 18.2 Å². The van der Waals surface area contributed by atoms with Crippen molar-refractivity contribution < 1.29 is 9.13 Å². The molecule has 24 heavy (non-hydrogen) atoms. The number of hydrogen-bond donors (Lipinski definition) is 0. The summed E-state index contributed by atoms with van der Waals surface area (Å²) in [6.45, 7) is 4.42. The van der Waals surface area contributed by atoms with Gasteiger partial charge in [0.2, 0.25) is 0 Å². The van der Waals surface area contributed by atoms with Gasteiger partial charge in [-0.05, 0) is 49.7 Å². The third-order valence-corrected chi connectivity index (χ3v) is 3.83. The molecule has 0 saturated heterocycles. The monoisotopic (exact) mass is 323 g/mol. The van der Waals surface area contributed by atoms with Crippen LogP contribution in [0, 0.1) is 12.7 Å². The predicted octanol–water partition coefficient (Wildman–Crippen LogP) is 4.35. The SMILES string of the molecule is CCOc1ccc(-n2cc(-c3ccccc3F)ccc2=O)c(C)c1. The van der Waals surface area contributed by atoms with Crippen molar-refractivity contribution in [2.45, 2.75) is 13.8 Å². The zero-order valence-electron chi connectivity index (χ0n) is 13.6. The lowest BCUT2D eigenvalue weighted by molar-refractivity contribution is 0.340. The van der Waals surface area contributed by atoms with Crippen LogP contribution in [-0.4, -0.2) is 11.2 Å². The van der Waals surface area contributed by atoms with E-state index in [1.54, 1.807) is 30.5 Å². The van der Waals surface area contributed by atoms with E-state index in [2.05, 4.69) is 0 Å². The van der Waals surface area contributed by atoms with Gasteiger partial charge in [0, 0.05) is 23.4 Å². The van der Waals surface area contributed by atoms with E-state index in [4.69, 9.17) is 4.74 Å². The lowest BCUT2D eigenvalue weighted by Crippen LogP contribution is -2.17. The lowest BCUT2D eigenvalue weighted by atomic mass is 10.1. The first-order valence-corrected chi connectivity index (χ1v) is 7.81. The molecule has 0 aliphatic rings. The fourth-order valence-electron chi connectivity index (χ4n) is 2.68. The summed E-state index contributed by atoms with van der Waals surface area (Å²) in [5.41, 5.74) is 2.62. The molecular formula is C20H18FNO2. The molecule has 0 spiro atoms. The fourth-order valence-corrected chi connectivity index (χ4v) is 2.68. The van der Waals surface area contributed by atoms with E-state index >= 15 is 0 Å². The average Bonchev–Trinajstić information content (AvgIpc) is 2.57. The Morgan fingerprint density at radius 1 is 1.08 bits per heavy atom. The van der Waals surface area contributed by atoms with Crippen LogP contribution in [0.4, 0.5) is 4.39 Å². The van der Waals surface area contributed by atoms with E-state index in [9.17, 15) is 9.18 Å². The molecule has 4 heteroatoms. The number of hydrogen-bond acceptors (Lipinski definition) is 2. The molecule has 1 heterocycles. The molecule has 0 amide bonds. The van der Waals surface area contributed by atoms with Gasteiger partial charge in [0.1, 0.15) is 11.6 Å². The van der Waals surface area contributed by atoms with Gasteiger partial charge in [-0.3, -0.25) is 9.36 Å². The van der Waals surface area contributed by atoms with Gasteiger partial charge in [-0.2, -0.15) is 0 Å². The Hall–Kier alpha value is -2.88. The standard InChI is InChI=1S/C20H18FNO2/c1-3-24-16-9-10-19(14(2)12-16)22-13-15(8-11-20(22)23)17-6-4-5-7-18(17)21/h4-13H,3H2,1-2H3. The molecule has 2 aromatic carbocycles. The zero-order valence-corrected chi connectivity index (χ0v) is 13.6. The number of rotatable bonds is 4. The molecule has 0 aliphatic heterocycles. The Balaban J connectivity index is 2.11. The van der Waals surface area contributed by atoms with E-state index in [1.165, 1.54) is 16.7 Å². The summed E-state index contributed by atoms with van der Waals surface area (Å²) in [7, 11) is 0. The Bertz CT molecular complexity index is 931. The van der Waals surface area contributed by atoms with Crippen molar-refractivity contribution >= 4 is 0 Å². The molecule has 0 saturated carbocycles. The van der Waals surface area contributed by atoms with Crippen molar-refractivity contribution in [3.8, 4) is 22.6 Å². The third kappa shape index (κ3) is 3.08. The van der Waals surface area contributed by atoms with Crippen molar-refractivity contribution in [2.24, 2.45) is 0 Å². The number of halogens is 1. The van der Waals surface area contributed by atoms with Gasteiger partial charge in [-0.25, -0.2) is 4.39 Å². The first-order valence-electron chi connectivity index (χ1n) is 7.81. The first-order chi connectivity index (χ1) is 11.6. The van der Waals surface area contributed by atoms with Crippen LogP contribution in [0.25, 0.3) is 16.8 Å². The highest BCUT2D eigenvalue weighted by Crippen LogP contribution is 2.24. The Kier molecular flexibility index (Phi) is 4.47. The van der Waals surface area contributed by atoms with Crippen molar-refractivity contribution in [1.82, 2.24) is 4.57 Å². The van der Waals surface area contributed by atoms with Crippen LogP contribution >= 0.6 is 0 Å². The van der Waals surface area contributed by atoms with E-state index in [1.807, 2.05) is 32.0 Å². The maximum absolute atomic E-state index is 14.0. The minimum atomic E-state index is -0.314. The number of aryl methyl sites for hydroxylation is 1. The largest absolute Gasteiger partial charge is 0.494 e. The van der Waals surface area contributed by atoms with Crippen molar-refractivity contribution in [1.29, 1.82) is 0 Å². The third-order valence-electron chi connectivity index (χ3n) is 3.83. The van der Waals surface area contributed by atoms with Crippen LogP contribution in [0.2, 0.25) is 0 Å². The van der Waals surface area contributed by atoms with Gasteiger partial charge >= 0.3 is 0 Å². The maximum Gasteiger partial charge on any atom is 0.255 e. The highest BCUT2D eigenvalue weighted by Gasteiger charge is 2.09. The summed E-state index contributed by atoms with van der Waals surface area (Å²) in [6, 6.07) is 15.2. The van der Waals surface area contributed by atoms with Crippen molar-refractivity contribution in [3.05, 3.63) is 82.5 Å². The highest BCUT2D eigenvalue weighted by molar-refractivity contribution is 5.63. The molecule has 3 nitrogen and oxygen atoms in total. The summed E-state index contributed by atoms with van der Waals surface area (Å²) in [4.78, 5) is 12.3. The normalized spacial score (nSPS) is 10.6. The van der Waals surface area contributed by atoms with Crippen LogP contribution in [0.3, 0.4) is 0 Å². The topological polar surface area (TPSA) is 31.2 Å². The number of ether oxygens (including phenoxy) is 1. The second-order valence-corrected chi connectivity index (χ2v) is 5.49. The molecule has 0 unspecified atom stereocenters. The summed E-state index contributed by atoms with van der Waals surface area (Å²) in [6.07, 6.45) is 1.67. The van der Waals surface area contributed by atoms with Crippen LogP contribution in [0.5, 0.6) is 5.75 Å². The summed E-state index contributed by atoms with van der Waals surface area (Å²) >= 11 is 0. The van der Waals surface area contributed by atoms with Crippen LogP contribution in [-0.2, 0) is 0 Å². The van der Waals surface area contributed by atoms with Crippen molar-refractivity contribution in [3.63, 3.8) is 0 Å². The van der Waals surface area contributed by atoms with Crippen LogP contribution in [0.15, 0.2) is 65.6 Å². The number of benzene rings is 2. The van der Waals surface area contributed by atoms with Gasteiger partial charge in [-0.15, -0.1) is 0 Å². The molecule has 1 aromatic heterocycles. The molecule has 0 N–H and O–H groups in total. The maximum atomic E-state index is 14.0. The quantitative estimate of drug-likeness (QED) is 0.715. The first kappa shape index (κ1) is 16.0. The molecule has 0 atom stereocenters. The second kappa shape index (κ2) is 6.71. The minimum absolute atomic E-state index is 0.164. The van der Waals surface area contributed by atoms with Gasteiger partial charge in [0.05, 0.1) is 12.3 Å². The molecule has 3 rings (SSSR count). The minimum Gasteiger partial charge on any atom is -0.494 e. The van der Waals surface area contributed by atoms with Gasteiger partial charge in [0.15, 0.2) is 0 Å². The molecule has 3 aromatic rings. The average molecular weight is 323 g/mol. The Morgan fingerprint density at radius 2 is 1.88 bits per heavy atom. The molecule has 0 aliphatic carbocycles. The number of pyridine rings is 1. The van der Waals surface area contributed by atoms with E-state index in [-0.39, 0.29) is 11.4 Å². The van der Waals surface area contributed by atoms with Crippen LogP contribution < -0.4 is 10.3 Å². The van der Waals surface area contributed by atoms with E-state index in [0.29, 0.717) is 17.7 Å². The summed E-state index contributed by atoms with van der Waals surface area (Å²) in [5.74, 6) is 0.447. The summed E-state index contributed by atoms with van der Waals surface area (Å²) in [5, 5.41) is 0. The number of nitrogens with zero attached hydrogens (tertiary/aromatic N) is 1. The van der Waals surface area contributed by atoms with E-state index in [0.717, 1.165) is 17.0 Å². The van der Waals surface area contributed by atoms with Gasteiger partial charge < -0.3 is 4.74 Å². The van der Waals surface area contributed by atoms with Gasteiger partial charge in [0.25, 0.3) is 5.56 Å². The second-order valence-electron chi connectivity index (χ2n) is 5.49. The van der Waals surface area contributed by atoms with E-state index < -0.39 is 0 Å². The predicted molar refractivity (Wildman–Crippen MR) is 93.3 cm³/mol. The molecule has 122 valence electrons. The Morgan fingerprint density at radius 3 is 2.58 bits per heavy atom. The number of aromatic nitrogens is 1. The Labute approximate surface area is 140 Å². The molecule has 0 bridgehead atoms. The van der Waals surface area contributed by atoms with Crippen LogP contribution in [0.1, 0.15) is 12.5 Å². The molecule has 0 fully saturated rings. The lowest BCUT2D eigenvalue weighted by Gasteiger charge is -2.13. The molecule has 0 radical (unpaired) electrons. The smallest absolute Gasteiger partial charge is 0.255 e. The van der Waals surface area contributed by atoms with Crippen molar-refractivity contribution in [2.75, 3.05) is 6.61 Å². The fraction of sp³-hybridized carbons (Fsp3) is 0.150. The highest BCUT2D eigenvalue weighted by atomic mass is 19.1. The summed E-state index contributed by atoms with van der Waals surface area (Å²) < 4.78 is 21.0. The molecular weight excluding hydrogens is 305 g/mol.